The second-order valence-electron chi connectivity index (χ2n) is 6.45. The number of ether oxygens (including phenoxy) is 2. The van der Waals surface area contributed by atoms with E-state index in [-0.39, 0.29) is 0 Å². The Balaban J connectivity index is 1.83. The second-order valence-corrected chi connectivity index (χ2v) is 6.45. The van der Waals surface area contributed by atoms with Crippen LogP contribution in [0.4, 0.5) is 0 Å². The van der Waals surface area contributed by atoms with Crippen molar-refractivity contribution in [2.45, 2.75) is 57.5 Å². The van der Waals surface area contributed by atoms with Crippen molar-refractivity contribution in [1.82, 2.24) is 0 Å². The molecule has 1 saturated carbocycles. The Morgan fingerprint density at radius 2 is 1.90 bits per heavy atom. The normalized spacial score (nSPS) is 29.5. The van der Waals surface area contributed by atoms with Crippen LogP contribution in [-0.4, -0.2) is 18.3 Å². The maximum absolute atomic E-state index is 11.1. The minimum absolute atomic E-state index is 0.687. The molecule has 2 atom stereocenters. The third-order valence-electron chi connectivity index (χ3n) is 5.03. The Bertz CT molecular complexity index is 485. The maximum atomic E-state index is 11.1. The van der Waals surface area contributed by atoms with Gasteiger partial charge in [-0.05, 0) is 49.3 Å². The van der Waals surface area contributed by atoms with Crippen molar-refractivity contribution < 1.29 is 14.6 Å². The van der Waals surface area contributed by atoms with E-state index >= 15 is 0 Å². The number of aliphatic hydroxyl groups is 1. The number of hydrogen-bond acceptors (Lipinski definition) is 3. The van der Waals surface area contributed by atoms with Gasteiger partial charge in [-0.25, -0.2) is 0 Å². The van der Waals surface area contributed by atoms with Gasteiger partial charge in [0.2, 0.25) is 0 Å². The van der Waals surface area contributed by atoms with Crippen molar-refractivity contribution in [3.8, 4) is 11.5 Å². The minimum atomic E-state index is -0.700. The van der Waals surface area contributed by atoms with Crippen LogP contribution >= 0.6 is 0 Å². The van der Waals surface area contributed by atoms with E-state index in [2.05, 4.69) is 6.92 Å². The molecule has 21 heavy (non-hydrogen) atoms. The van der Waals surface area contributed by atoms with E-state index in [4.69, 9.17) is 9.47 Å². The molecule has 0 amide bonds. The fourth-order valence-corrected chi connectivity index (χ4v) is 3.55. The first-order valence-corrected chi connectivity index (χ1v) is 8.34. The van der Waals surface area contributed by atoms with Gasteiger partial charge >= 0.3 is 0 Å². The highest BCUT2D eigenvalue weighted by Gasteiger charge is 2.33. The fraction of sp³-hybridized carbons (Fsp3) is 0.667. The van der Waals surface area contributed by atoms with Crippen LogP contribution in [0, 0.1) is 5.92 Å². The van der Waals surface area contributed by atoms with Crippen LogP contribution in [0.25, 0.3) is 0 Å². The molecule has 3 nitrogen and oxygen atoms in total. The average Bonchev–Trinajstić information content (AvgIpc) is 2.85. The summed E-state index contributed by atoms with van der Waals surface area (Å²) in [5, 5.41) is 11.1. The lowest BCUT2D eigenvalue weighted by Crippen LogP contribution is -2.24. The van der Waals surface area contributed by atoms with Crippen LogP contribution in [-0.2, 0) is 5.60 Å². The lowest BCUT2D eigenvalue weighted by molar-refractivity contribution is 0.0193. The monoisotopic (exact) mass is 290 g/mol. The number of benzene rings is 1. The minimum Gasteiger partial charge on any atom is -0.490 e. The molecule has 0 aromatic heterocycles. The number of hydrogen-bond donors (Lipinski definition) is 1. The van der Waals surface area contributed by atoms with Gasteiger partial charge in [-0.15, -0.1) is 0 Å². The standard InChI is InChI=1S/C18H26O3/c1-2-14-5-3-9-18(19,10-8-14)15-6-7-16-17(13-15)21-12-4-11-20-16/h6-7,13-14,19H,2-5,8-12H2,1H3. The largest absolute Gasteiger partial charge is 0.490 e. The summed E-state index contributed by atoms with van der Waals surface area (Å²) in [5.74, 6) is 2.36. The van der Waals surface area contributed by atoms with E-state index in [1.165, 1.54) is 12.8 Å². The van der Waals surface area contributed by atoms with Gasteiger partial charge in [0, 0.05) is 6.42 Å². The van der Waals surface area contributed by atoms with Crippen molar-refractivity contribution in [1.29, 1.82) is 0 Å². The molecule has 3 heteroatoms. The summed E-state index contributed by atoms with van der Waals surface area (Å²) in [6.45, 7) is 3.64. The fourth-order valence-electron chi connectivity index (χ4n) is 3.55. The smallest absolute Gasteiger partial charge is 0.161 e. The third kappa shape index (κ3) is 3.18. The quantitative estimate of drug-likeness (QED) is 0.836. The van der Waals surface area contributed by atoms with Gasteiger partial charge in [0.25, 0.3) is 0 Å². The summed E-state index contributed by atoms with van der Waals surface area (Å²) in [6.07, 6.45) is 7.28. The molecule has 1 fully saturated rings. The molecular weight excluding hydrogens is 264 g/mol. The molecule has 0 saturated heterocycles. The summed E-state index contributed by atoms with van der Waals surface area (Å²) >= 11 is 0. The van der Waals surface area contributed by atoms with Crippen molar-refractivity contribution in [2.75, 3.05) is 13.2 Å². The first-order valence-electron chi connectivity index (χ1n) is 8.34. The molecule has 0 bridgehead atoms. The van der Waals surface area contributed by atoms with Crippen LogP contribution in [0.2, 0.25) is 0 Å². The van der Waals surface area contributed by atoms with Gasteiger partial charge in [-0.1, -0.05) is 25.8 Å². The zero-order chi connectivity index (χ0) is 14.7. The molecule has 1 heterocycles. The molecule has 0 spiro atoms. The molecule has 1 N–H and O–H groups in total. The first-order chi connectivity index (χ1) is 10.2. The Hall–Kier alpha value is -1.22. The van der Waals surface area contributed by atoms with Gasteiger partial charge < -0.3 is 14.6 Å². The highest BCUT2D eigenvalue weighted by atomic mass is 16.5. The summed E-state index contributed by atoms with van der Waals surface area (Å²) in [5.41, 5.74) is 0.290. The van der Waals surface area contributed by atoms with Crippen LogP contribution in [0.5, 0.6) is 11.5 Å². The van der Waals surface area contributed by atoms with Crippen LogP contribution in [0.1, 0.15) is 57.4 Å². The van der Waals surface area contributed by atoms with E-state index in [0.29, 0.717) is 13.2 Å². The van der Waals surface area contributed by atoms with E-state index in [9.17, 15) is 5.11 Å². The molecule has 1 aromatic carbocycles. The predicted molar refractivity (Wildman–Crippen MR) is 82.8 cm³/mol. The molecule has 1 aliphatic carbocycles. The molecule has 1 aromatic rings. The first kappa shape index (κ1) is 14.7. The third-order valence-corrected chi connectivity index (χ3v) is 5.03. The SMILES string of the molecule is CCC1CCCC(O)(c2ccc3c(c2)OCCCO3)CC1. The number of fused-ring (bicyclic) bond motifs is 1. The Morgan fingerprint density at radius 1 is 1.10 bits per heavy atom. The zero-order valence-corrected chi connectivity index (χ0v) is 12.9. The molecule has 1 aliphatic heterocycles. The molecule has 2 aliphatic rings. The van der Waals surface area contributed by atoms with E-state index in [0.717, 1.165) is 55.1 Å². The second kappa shape index (κ2) is 6.27. The zero-order valence-electron chi connectivity index (χ0n) is 12.9. The summed E-state index contributed by atoms with van der Waals surface area (Å²) in [6, 6.07) is 5.96. The number of rotatable bonds is 2. The van der Waals surface area contributed by atoms with E-state index in [1.807, 2.05) is 18.2 Å². The molecule has 3 rings (SSSR count). The van der Waals surface area contributed by atoms with Gasteiger partial charge in [-0.2, -0.15) is 0 Å². The molecular formula is C18H26O3. The van der Waals surface area contributed by atoms with Crippen LogP contribution in [0.15, 0.2) is 18.2 Å². The van der Waals surface area contributed by atoms with Crippen LogP contribution in [0.3, 0.4) is 0 Å². The molecule has 2 unspecified atom stereocenters. The van der Waals surface area contributed by atoms with E-state index < -0.39 is 5.60 Å². The van der Waals surface area contributed by atoms with Gasteiger partial charge in [0.05, 0.1) is 18.8 Å². The van der Waals surface area contributed by atoms with Gasteiger partial charge in [0.15, 0.2) is 11.5 Å². The lowest BCUT2D eigenvalue weighted by Gasteiger charge is -2.28. The van der Waals surface area contributed by atoms with Crippen LogP contribution < -0.4 is 9.47 Å². The molecule has 0 radical (unpaired) electrons. The topological polar surface area (TPSA) is 38.7 Å². The predicted octanol–water partition coefficient (Wildman–Crippen LogP) is 4.03. The van der Waals surface area contributed by atoms with Gasteiger partial charge in [-0.3, -0.25) is 0 Å². The van der Waals surface area contributed by atoms with Gasteiger partial charge in [0.1, 0.15) is 0 Å². The highest BCUT2D eigenvalue weighted by Crippen LogP contribution is 2.41. The Labute approximate surface area is 127 Å². The van der Waals surface area contributed by atoms with Crippen molar-refractivity contribution >= 4 is 0 Å². The maximum Gasteiger partial charge on any atom is 0.161 e. The van der Waals surface area contributed by atoms with Crippen molar-refractivity contribution in [3.05, 3.63) is 23.8 Å². The van der Waals surface area contributed by atoms with Crippen molar-refractivity contribution in [2.24, 2.45) is 5.92 Å². The lowest BCUT2D eigenvalue weighted by atomic mass is 9.86. The highest BCUT2D eigenvalue weighted by molar-refractivity contribution is 5.45. The Morgan fingerprint density at radius 3 is 2.71 bits per heavy atom. The Kier molecular flexibility index (Phi) is 4.39. The summed E-state index contributed by atoms with van der Waals surface area (Å²) < 4.78 is 11.4. The molecule has 116 valence electrons. The summed E-state index contributed by atoms with van der Waals surface area (Å²) in [7, 11) is 0. The average molecular weight is 290 g/mol. The van der Waals surface area contributed by atoms with Crippen molar-refractivity contribution in [3.63, 3.8) is 0 Å². The van der Waals surface area contributed by atoms with E-state index in [1.54, 1.807) is 0 Å². The summed E-state index contributed by atoms with van der Waals surface area (Å²) in [4.78, 5) is 0.